The second-order valence-electron chi connectivity index (χ2n) is 6.98. The lowest BCUT2D eigenvalue weighted by molar-refractivity contribution is 0.0757. The molecule has 1 aromatic heterocycles. The molecule has 0 N–H and O–H groups in total. The van der Waals surface area contributed by atoms with Crippen molar-refractivity contribution in [3.05, 3.63) is 52.4 Å². The third kappa shape index (κ3) is 3.35. The van der Waals surface area contributed by atoms with Gasteiger partial charge in [0.05, 0.1) is 20.2 Å². The Hall–Kier alpha value is -2.32. The lowest BCUT2D eigenvalue weighted by atomic mass is 10.2. The number of para-hydroxylation sites is 1. The molecule has 1 saturated carbocycles. The van der Waals surface area contributed by atoms with Crippen LogP contribution in [0.3, 0.4) is 0 Å². The first kappa shape index (κ1) is 18.1. The summed E-state index contributed by atoms with van der Waals surface area (Å²) in [6.07, 6.45) is 1.81. The van der Waals surface area contributed by atoms with Gasteiger partial charge in [-0.25, -0.2) is 8.42 Å². The Kier molecular flexibility index (Phi) is 4.47. The standard InChI is InChI=1S/C19H22N2O5S/c1-13-9-15(10-19(22)21(13)14-7-8-14)26-16-11-20(12-16)27(23,24)18-6-4-3-5-17(18)25-2/h3-6,9-10,14,16H,7-8,11-12H2,1-2H3. The molecule has 4 rings (SSSR count). The van der Waals surface area contributed by atoms with E-state index in [9.17, 15) is 13.2 Å². The van der Waals surface area contributed by atoms with Crippen LogP contribution in [0.25, 0.3) is 0 Å². The lowest BCUT2D eigenvalue weighted by Crippen LogP contribution is -2.56. The second kappa shape index (κ2) is 6.69. The summed E-state index contributed by atoms with van der Waals surface area (Å²) in [5.74, 6) is 0.815. The molecule has 0 unspecified atom stereocenters. The summed E-state index contributed by atoms with van der Waals surface area (Å²) in [4.78, 5) is 12.4. The van der Waals surface area contributed by atoms with Gasteiger partial charge in [0.15, 0.2) is 0 Å². The van der Waals surface area contributed by atoms with E-state index in [-0.39, 0.29) is 29.6 Å². The normalized spacial score (nSPS) is 18.1. The highest BCUT2D eigenvalue weighted by Crippen LogP contribution is 2.35. The van der Waals surface area contributed by atoms with E-state index in [0.717, 1.165) is 18.5 Å². The van der Waals surface area contributed by atoms with Gasteiger partial charge in [-0.15, -0.1) is 0 Å². The monoisotopic (exact) mass is 390 g/mol. The Morgan fingerprint density at radius 1 is 1.11 bits per heavy atom. The number of ether oxygens (including phenoxy) is 2. The highest BCUT2D eigenvalue weighted by atomic mass is 32.2. The minimum Gasteiger partial charge on any atom is -0.495 e. The van der Waals surface area contributed by atoms with E-state index >= 15 is 0 Å². The van der Waals surface area contributed by atoms with Crippen LogP contribution in [-0.2, 0) is 10.0 Å². The van der Waals surface area contributed by atoms with Gasteiger partial charge in [-0.1, -0.05) is 12.1 Å². The Balaban J connectivity index is 1.45. The Bertz CT molecular complexity index is 1020. The van der Waals surface area contributed by atoms with Gasteiger partial charge in [0.1, 0.15) is 22.5 Å². The first-order valence-corrected chi connectivity index (χ1v) is 10.4. The summed E-state index contributed by atoms with van der Waals surface area (Å²) < 4.78 is 39.7. The number of nitrogens with zero attached hydrogens (tertiary/aromatic N) is 2. The molecule has 144 valence electrons. The maximum absolute atomic E-state index is 12.8. The molecular weight excluding hydrogens is 368 g/mol. The fourth-order valence-electron chi connectivity index (χ4n) is 3.39. The first-order valence-electron chi connectivity index (χ1n) is 8.93. The zero-order valence-corrected chi connectivity index (χ0v) is 16.1. The number of sulfonamides is 1. The predicted octanol–water partition coefficient (Wildman–Crippen LogP) is 1.95. The number of rotatable bonds is 6. The van der Waals surface area contributed by atoms with Crippen molar-refractivity contribution in [1.82, 2.24) is 8.87 Å². The van der Waals surface area contributed by atoms with E-state index in [4.69, 9.17) is 9.47 Å². The average Bonchev–Trinajstić information content (AvgIpc) is 3.41. The molecular formula is C19H22N2O5S. The number of pyridine rings is 1. The molecule has 0 spiro atoms. The Morgan fingerprint density at radius 3 is 2.44 bits per heavy atom. The molecule has 2 fully saturated rings. The zero-order valence-electron chi connectivity index (χ0n) is 15.3. The number of methoxy groups -OCH3 is 1. The van der Waals surface area contributed by atoms with Crippen LogP contribution in [0, 0.1) is 6.92 Å². The van der Waals surface area contributed by atoms with Crippen LogP contribution in [0.1, 0.15) is 24.6 Å². The smallest absolute Gasteiger partial charge is 0.254 e. The third-order valence-electron chi connectivity index (χ3n) is 4.95. The van der Waals surface area contributed by atoms with Crippen molar-refractivity contribution in [2.45, 2.75) is 36.8 Å². The number of hydrogen-bond acceptors (Lipinski definition) is 5. The number of hydrogen-bond donors (Lipinski definition) is 0. The fraction of sp³-hybridized carbons (Fsp3) is 0.421. The highest BCUT2D eigenvalue weighted by molar-refractivity contribution is 7.89. The van der Waals surface area contributed by atoms with Crippen molar-refractivity contribution in [1.29, 1.82) is 0 Å². The lowest BCUT2D eigenvalue weighted by Gasteiger charge is -2.38. The maximum Gasteiger partial charge on any atom is 0.254 e. The first-order chi connectivity index (χ1) is 12.9. The van der Waals surface area contributed by atoms with Gasteiger partial charge in [-0.3, -0.25) is 4.79 Å². The van der Waals surface area contributed by atoms with E-state index in [1.807, 2.05) is 13.0 Å². The van der Waals surface area contributed by atoms with Crippen LogP contribution in [-0.4, -0.2) is 43.6 Å². The van der Waals surface area contributed by atoms with Crippen LogP contribution in [0.4, 0.5) is 0 Å². The molecule has 1 aliphatic carbocycles. The van der Waals surface area contributed by atoms with Crippen molar-refractivity contribution >= 4 is 10.0 Å². The van der Waals surface area contributed by atoms with Crippen LogP contribution >= 0.6 is 0 Å². The Labute approximate surface area is 158 Å². The predicted molar refractivity (Wildman–Crippen MR) is 99.9 cm³/mol. The van der Waals surface area contributed by atoms with Crippen LogP contribution in [0.2, 0.25) is 0 Å². The number of benzene rings is 1. The summed E-state index contributed by atoms with van der Waals surface area (Å²) in [5, 5.41) is 0. The largest absolute Gasteiger partial charge is 0.495 e. The van der Waals surface area contributed by atoms with Gasteiger partial charge in [0.25, 0.3) is 5.56 Å². The van der Waals surface area contributed by atoms with E-state index in [1.54, 1.807) is 22.8 Å². The molecule has 2 aromatic rings. The van der Waals surface area contributed by atoms with E-state index in [2.05, 4.69) is 0 Å². The fourth-order valence-corrected chi connectivity index (χ4v) is 5.05. The van der Waals surface area contributed by atoms with E-state index < -0.39 is 10.0 Å². The minimum absolute atomic E-state index is 0.0645. The van der Waals surface area contributed by atoms with Crippen molar-refractivity contribution in [3.8, 4) is 11.5 Å². The Morgan fingerprint density at radius 2 is 1.81 bits per heavy atom. The summed E-state index contributed by atoms with van der Waals surface area (Å²) >= 11 is 0. The van der Waals surface area contributed by atoms with Gasteiger partial charge >= 0.3 is 0 Å². The van der Waals surface area contributed by atoms with Crippen LogP contribution < -0.4 is 15.0 Å². The van der Waals surface area contributed by atoms with Crippen molar-refractivity contribution in [2.75, 3.05) is 20.2 Å². The average molecular weight is 390 g/mol. The summed E-state index contributed by atoms with van der Waals surface area (Å²) in [6.45, 7) is 2.38. The minimum atomic E-state index is -3.63. The van der Waals surface area contributed by atoms with Crippen molar-refractivity contribution in [3.63, 3.8) is 0 Å². The molecule has 1 aliphatic heterocycles. The molecule has 0 amide bonds. The summed E-state index contributed by atoms with van der Waals surface area (Å²) in [6, 6.07) is 10.2. The van der Waals surface area contributed by atoms with Gasteiger partial charge in [-0.2, -0.15) is 4.31 Å². The molecule has 0 radical (unpaired) electrons. The van der Waals surface area contributed by atoms with Crippen LogP contribution in [0.5, 0.6) is 11.5 Å². The highest BCUT2D eigenvalue weighted by Gasteiger charge is 2.39. The molecule has 27 heavy (non-hydrogen) atoms. The third-order valence-corrected chi connectivity index (χ3v) is 6.82. The summed E-state index contributed by atoms with van der Waals surface area (Å²) in [7, 11) is -2.19. The number of aromatic nitrogens is 1. The molecule has 2 aliphatic rings. The van der Waals surface area contributed by atoms with Gasteiger partial charge in [0.2, 0.25) is 10.0 Å². The quantitative estimate of drug-likeness (QED) is 0.753. The topological polar surface area (TPSA) is 77.8 Å². The molecule has 1 aromatic carbocycles. The van der Waals surface area contributed by atoms with Gasteiger partial charge in [0, 0.05) is 17.8 Å². The van der Waals surface area contributed by atoms with Crippen molar-refractivity contribution in [2.24, 2.45) is 0 Å². The molecule has 8 heteroatoms. The summed E-state index contributed by atoms with van der Waals surface area (Å²) in [5.41, 5.74) is 0.808. The van der Waals surface area contributed by atoms with Gasteiger partial charge < -0.3 is 14.0 Å². The molecule has 2 heterocycles. The molecule has 0 atom stereocenters. The van der Waals surface area contributed by atoms with Crippen molar-refractivity contribution < 1.29 is 17.9 Å². The van der Waals surface area contributed by atoms with E-state index in [0.29, 0.717) is 17.5 Å². The van der Waals surface area contributed by atoms with Crippen LogP contribution in [0.15, 0.2) is 46.1 Å². The SMILES string of the molecule is COc1ccccc1S(=O)(=O)N1CC(Oc2cc(C)n(C3CC3)c(=O)c2)C1. The zero-order chi connectivity index (χ0) is 19.2. The van der Waals surface area contributed by atoms with Gasteiger partial charge in [-0.05, 0) is 38.0 Å². The maximum atomic E-state index is 12.8. The molecule has 0 bridgehead atoms. The molecule has 7 nitrogen and oxygen atoms in total. The second-order valence-corrected chi connectivity index (χ2v) is 8.89. The number of aryl methyl sites for hydroxylation is 1. The molecule has 1 saturated heterocycles. The van der Waals surface area contributed by atoms with E-state index in [1.165, 1.54) is 23.5 Å².